The van der Waals surface area contributed by atoms with Crippen molar-refractivity contribution < 1.29 is 9.59 Å². The minimum absolute atomic E-state index is 0.0403. The minimum Gasteiger partial charge on any atom is -0.349 e. The second kappa shape index (κ2) is 4.90. The van der Waals surface area contributed by atoms with E-state index in [0.717, 1.165) is 0 Å². The predicted molar refractivity (Wildman–Crippen MR) is 72.1 cm³/mol. The van der Waals surface area contributed by atoms with Gasteiger partial charge in [0.05, 0.1) is 0 Å². The van der Waals surface area contributed by atoms with Crippen LogP contribution in [0.5, 0.6) is 0 Å². The van der Waals surface area contributed by atoms with E-state index in [1.165, 1.54) is 0 Å². The highest BCUT2D eigenvalue weighted by atomic mass is 16.2. The molecule has 1 saturated heterocycles. The maximum Gasteiger partial charge on any atom is 0.246 e. The van der Waals surface area contributed by atoms with Crippen molar-refractivity contribution in [2.24, 2.45) is 5.92 Å². The molecule has 0 saturated carbocycles. The van der Waals surface area contributed by atoms with E-state index in [9.17, 15) is 9.59 Å². The van der Waals surface area contributed by atoms with Gasteiger partial charge in [-0.1, -0.05) is 13.8 Å². The van der Waals surface area contributed by atoms with Crippen LogP contribution in [0, 0.1) is 5.92 Å². The lowest BCUT2D eigenvalue weighted by molar-refractivity contribution is -0.142. The van der Waals surface area contributed by atoms with Crippen molar-refractivity contribution in [2.75, 3.05) is 6.54 Å². The van der Waals surface area contributed by atoms with Crippen LogP contribution in [0.4, 0.5) is 0 Å². The zero-order valence-corrected chi connectivity index (χ0v) is 12.5. The van der Waals surface area contributed by atoms with Gasteiger partial charge >= 0.3 is 0 Å². The molecule has 1 aliphatic heterocycles. The fourth-order valence-electron chi connectivity index (χ4n) is 2.28. The number of carbonyl (C=O) groups excluding carboxylic acids is 2. The molecule has 0 spiro atoms. The summed E-state index contributed by atoms with van der Waals surface area (Å²) < 4.78 is 0. The Balaban J connectivity index is 2.89. The smallest absolute Gasteiger partial charge is 0.246 e. The van der Waals surface area contributed by atoms with Crippen molar-refractivity contribution in [2.45, 2.75) is 65.5 Å². The van der Waals surface area contributed by atoms with Crippen LogP contribution in [0.2, 0.25) is 0 Å². The Morgan fingerprint density at radius 2 is 2.00 bits per heavy atom. The summed E-state index contributed by atoms with van der Waals surface area (Å²) in [5, 5.41) is 2.99. The number of nitrogens with zero attached hydrogens (tertiary/aromatic N) is 1. The maximum absolute atomic E-state index is 12.4. The van der Waals surface area contributed by atoms with E-state index in [-0.39, 0.29) is 17.4 Å². The van der Waals surface area contributed by atoms with Crippen molar-refractivity contribution in [3.8, 4) is 0 Å². The minimum atomic E-state index is -0.686. The van der Waals surface area contributed by atoms with E-state index in [2.05, 4.69) is 19.2 Å². The SMILES string of the molecule is CC(C)CN1C(=O)CCC1(C)C(=O)NC(C)(C)C. The number of carbonyl (C=O) groups is 2. The summed E-state index contributed by atoms with van der Waals surface area (Å²) in [6.07, 6.45) is 1.08. The summed E-state index contributed by atoms with van der Waals surface area (Å²) in [6.45, 7) is 12.5. The lowest BCUT2D eigenvalue weighted by Gasteiger charge is -2.37. The molecule has 1 N–H and O–H groups in total. The fraction of sp³-hybridized carbons (Fsp3) is 0.857. The van der Waals surface area contributed by atoms with E-state index in [1.807, 2.05) is 27.7 Å². The number of nitrogens with one attached hydrogen (secondary N) is 1. The van der Waals surface area contributed by atoms with Crippen LogP contribution in [-0.4, -0.2) is 34.3 Å². The summed E-state index contributed by atoms with van der Waals surface area (Å²) in [6, 6.07) is 0. The molecule has 1 heterocycles. The van der Waals surface area contributed by atoms with Crippen LogP contribution in [0.1, 0.15) is 54.4 Å². The second-order valence-electron chi connectivity index (χ2n) is 6.88. The number of rotatable bonds is 3. The van der Waals surface area contributed by atoms with Crippen LogP contribution in [0.3, 0.4) is 0 Å². The molecule has 1 rings (SSSR count). The molecule has 0 aromatic heterocycles. The average molecular weight is 254 g/mol. The molecule has 4 nitrogen and oxygen atoms in total. The number of amides is 2. The molecule has 1 fully saturated rings. The Morgan fingerprint density at radius 1 is 1.44 bits per heavy atom. The summed E-state index contributed by atoms with van der Waals surface area (Å²) in [7, 11) is 0. The molecule has 0 aromatic carbocycles. The standard InChI is InChI=1S/C14H26N2O2/c1-10(2)9-16-11(17)7-8-14(16,6)12(18)15-13(3,4)5/h10H,7-9H2,1-6H3,(H,15,18). The van der Waals surface area contributed by atoms with E-state index >= 15 is 0 Å². The first-order valence-corrected chi connectivity index (χ1v) is 6.69. The molecule has 104 valence electrons. The molecule has 18 heavy (non-hydrogen) atoms. The summed E-state index contributed by atoms with van der Waals surface area (Å²) in [4.78, 5) is 26.1. The molecular weight excluding hydrogens is 228 g/mol. The van der Waals surface area contributed by atoms with E-state index in [1.54, 1.807) is 4.90 Å². The third-order valence-electron chi connectivity index (χ3n) is 3.25. The lowest BCUT2D eigenvalue weighted by Crippen LogP contribution is -2.58. The summed E-state index contributed by atoms with van der Waals surface area (Å²) in [5.74, 6) is 0.422. The Labute approximate surface area is 110 Å². The number of hydrogen-bond donors (Lipinski definition) is 1. The molecule has 0 aromatic rings. The molecule has 2 amide bonds. The molecule has 1 atom stereocenters. The highest BCUT2D eigenvalue weighted by Gasteiger charge is 2.47. The highest BCUT2D eigenvalue weighted by Crippen LogP contribution is 2.31. The largest absolute Gasteiger partial charge is 0.349 e. The van der Waals surface area contributed by atoms with Gasteiger partial charge in [0.2, 0.25) is 11.8 Å². The Hall–Kier alpha value is -1.06. The van der Waals surface area contributed by atoms with Crippen molar-refractivity contribution in [1.82, 2.24) is 10.2 Å². The van der Waals surface area contributed by atoms with Gasteiger partial charge in [0.15, 0.2) is 0 Å². The molecule has 0 bridgehead atoms. The first-order valence-electron chi connectivity index (χ1n) is 6.69. The first-order chi connectivity index (χ1) is 8.06. The predicted octanol–water partition coefficient (Wildman–Crippen LogP) is 1.94. The van der Waals surface area contributed by atoms with Crippen LogP contribution in [-0.2, 0) is 9.59 Å². The zero-order valence-electron chi connectivity index (χ0n) is 12.5. The normalized spacial score (nSPS) is 24.8. The highest BCUT2D eigenvalue weighted by molar-refractivity contribution is 5.94. The van der Waals surface area contributed by atoms with Crippen molar-refractivity contribution in [1.29, 1.82) is 0 Å². The van der Waals surface area contributed by atoms with Gasteiger partial charge in [0.25, 0.3) is 0 Å². The maximum atomic E-state index is 12.4. The third-order valence-corrected chi connectivity index (χ3v) is 3.25. The van der Waals surface area contributed by atoms with Gasteiger partial charge in [-0.15, -0.1) is 0 Å². The fourth-order valence-corrected chi connectivity index (χ4v) is 2.28. The molecule has 1 aliphatic rings. The Bertz CT molecular complexity index is 344. The molecule has 0 aliphatic carbocycles. The van der Waals surface area contributed by atoms with Crippen molar-refractivity contribution in [3.05, 3.63) is 0 Å². The quantitative estimate of drug-likeness (QED) is 0.836. The van der Waals surface area contributed by atoms with Gasteiger partial charge in [-0.2, -0.15) is 0 Å². The van der Waals surface area contributed by atoms with Crippen LogP contribution >= 0.6 is 0 Å². The average Bonchev–Trinajstić information content (AvgIpc) is 2.44. The molecule has 0 radical (unpaired) electrons. The number of hydrogen-bond acceptors (Lipinski definition) is 2. The summed E-state index contributed by atoms with van der Waals surface area (Å²) >= 11 is 0. The van der Waals surface area contributed by atoms with Gasteiger partial charge in [-0.05, 0) is 40.0 Å². The monoisotopic (exact) mass is 254 g/mol. The van der Waals surface area contributed by atoms with Crippen molar-refractivity contribution >= 4 is 11.8 Å². The molecule has 1 unspecified atom stereocenters. The lowest BCUT2D eigenvalue weighted by atomic mass is 9.95. The van der Waals surface area contributed by atoms with Gasteiger partial charge in [0, 0.05) is 18.5 Å². The molecular formula is C14H26N2O2. The second-order valence-corrected chi connectivity index (χ2v) is 6.88. The van der Waals surface area contributed by atoms with Gasteiger partial charge in [-0.3, -0.25) is 9.59 Å². The molecule has 4 heteroatoms. The van der Waals surface area contributed by atoms with Crippen molar-refractivity contribution in [3.63, 3.8) is 0 Å². The van der Waals surface area contributed by atoms with Gasteiger partial charge in [0.1, 0.15) is 5.54 Å². The van der Waals surface area contributed by atoms with E-state index in [4.69, 9.17) is 0 Å². The zero-order chi connectivity index (χ0) is 14.1. The topological polar surface area (TPSA) is 49.4 Å². The van der Waals surface area contributed by atoms with Crippen LogP contribution in [0.25, 0.3) is 0 Å². The third kappa shape index (κ3) is 3.24. The Morgan fingerprint density at radius 3 is 2.44 bits per heavy atom. The van der Waals surface area contributed by atoms with Gasteiger partial charge < -0.3 is 10.2 Å². The van der Waals surface area contributed by atoms with Crippen LogP contribution < -0.4 is 5.32 Å². The number of likely N-dealkylation sites (tertiary alicyclic amines) is 1. The first kappa shape index (κ1) is 15.0. The Kier molecular flexibility index (Phi) is 4.08. The van der Waals surface area contributed by atoms with Crippen LogP contribution in [0.15, 0.2) is 0 Å². The van der Waals surface area contributed by atoms with E-state index < -0.39 is 5.54 Å². The van der Waals surface area contributed by atoms with E-state index in [0.29, 0.717) is 25.3 Å². The van der Waals surface area contributed by atoms with Gasteiger partial charge in [-0.25, -0.2) is 0 Å². The summed E-state index contributed by atoms with van der Waals surface area (Å²) in [5.41, 5.74) is -0.954.